The van der Waals surface area contributed by atoms with Crippen LogP contribution in [0.4, 0.5) is 6.01 Å². The average molecular weight is 422 g/mol. The lowest BCUT2D eigenvalue weighted by Gasteiger charge is -2.33. The Balaban J connectivity index is 1.30. The zero-order chi connectivity index (χ0) is 21.2. The minimum atomic E-state index is -0.134. The van der Waals surface area contributed by atoms with Crippen LogP contribution in [0.1, 0.15) is 28.4 Å². The fraction of sp³-hybridized carbons (Fsp3) is 0.391. The van der Waals surface area contributed by atoms with Crippen molar-refractivity contribution in [2.24, 2.45) is 0 Å². The smallest absolute Gasteiger partial charge is 0.298 e. The molecule has 8 heteroatoms. The third kappa shape index (κ3) is 4.08. The number of hydrogen-bond acceptors (Lipinski definition) is 7. The van der Waals surface area contributed by atoms with E-state index >= 15 is 0 Å². The summed E-state index contributed by atoms with van der Waals surface area (Å²) in [6, 6.07) is 13.7. The summed E-state index contributed by atoms with van der Waals surface area (Å²) in [6.45, 7) is 4.76. The Labute approximate surface area is 180 Å². The highest BCUT2D eigenvalue weighted by Crippen LogP contribution is 2.32. The Kier molecular flexibility index (Phi) is 5.48. The first-order chi connectivity index (χ1) is 15.2. The number of ether oxygens (including phenoxy) is 1. The molecule has 1 fully saturated rings. The van der Waals surface area contributed by atoms with Crippen molar-refractivity contribution in [3.8, 4) is 5.75 Å². The highest BCUT2D eigenvalue weighted by Gasteiger charge is 2.24. The van der Waals surface area contributed by atoms with E-state index in [2.05, 4.69) is 20.1 Å². The predicted octanol–water partition coefficient (Wildman–Crippen LogP) is 2.20. The van der Waals surface area contributed by atoms with E-state index in [4.69, 9.17) is 14.3 Å². The van der Waals surface area contributed by atoms with E-state index in [1.165, 1.54) is 0 Å². The van der Waals surface area contributed by atoms with Gasteiger partial charge in [0.05, 0.1) is 19.3 Å². The molecule has 8 nitrogen and oxygen atoms in total. The number of β-amino-alcohol motifs (C(OH)–C–C–N with tert-alkyl or cyclic N) is 1. The van der Waals surface area contributed by atoms with Crippen LogP contribution < -0.4 is 15.0 Å². The van der Waals surface area contributed by atoms with Gasteiger partial charge in [-0.15, -0.1) is 0 Å². The number of carbonyl (C=O) groups excluding carboxylic acids is 1. The number of piperazine rings is 1. The fourth-order valence-corrected chi connectivity index (χ4v) is 4.23. The second-order valence-corrected chi connectivity index (χ2v) is 7.93. The second kappa shape index (κ2) is 8.56. The van der Waals surface area contributed by atoms with Crippen molar-refractivity contribution < 1.29 is 19.1 Å². The van der Waals surface area contributed by atoms with E-state index in [0.29, 0.717) is 35.8 Å². The van der Waals surface area contributed by atoms with Gasteiger partial charge in [0, 0.05) is 50.3 Å². The summed E-state index contributed by atoms with van der Waals surface area (Å²) in [7, 11) is 0. The quantitative estimate of drug-likeness (QED) is 0.651. The third-order valence-corrected chi connectivity index (χ3v) is 5.96. The van der Waals surface area contributed by atoms with E-state index in [1.54, 1.807) is 18.2 Å². The lowest BCUT2D eigenvalue weighted by molar-refractivity contribution is 0.0925. The summed E-state index contributed by atoms with van der Waals surface area (Å²) in [5, 5.41) is 12.2. The predicted molar refractivity (Wildman–Crippen MR) is 117 cm³/mol. The van der Waals surface area contributed by atoms with Crippen LogP contribution in [-0.4, -0.2) is 66.8 Å². The van der Waals surface area contributed by atoms with Gasteiger partial charge in [0.2, 0.25) is 0 Å². The molecule has 1 aromatic heterocycles. The van der Waals surface area contributed by atoms with Crippen molar-refractivity contribution >= 4 is 23.0 Å². The number of nitrogens with zero attached hydrogens (tertiary/aromatic N) is 3. The number of para-hydroxylation sites is 1. The summed E-state index contributed by atoms with van der Waals surface area (Å²) < 4.78 is 11.6. The van der Waals surface area contributed by atoms with Gasteiger partial charge in [-0.2, -0.15) is 4.98 Å². The summed E-state index contributed by atoms with van der Waals surface area (Å²) in [5.74, 6) is 0.695. The number of rotatable bonds is 5. The maximum Gasteiger partial charge on any atom is 0.298 e. The monoisotopic (exact) mass is 422 g/mol. The van der Waals surface area contributed by atoms with Gasteiger partial charge in [-0.05, 0) is 24.3 Å². The molecule has 2 aliphatic heterocycles. The molecule has 5 rings (SSSR count). The van der Waals surface area contributed by atoms with Gasteiger partial charge in [-0.3, -0.25) is 9.69 Å². The van der Waals surface area contributed by atoms with E-state index in [1.807, 2.05) is 24.3 Å². The molecule has 3 heterocycles. The molecule has 1 atom stereocenters. The van der Waals surface area contributed by atoms with Crippen LogP contribution in [0.2, 0.25) is 0 Å². The molecule has 0 aliphatic carbocycles. The number of oxazole rings is 1. The molecule has 2 aliphatic rings. The standard InChI is InChI=1S/C23H26N4O4/c28-13-12-26-8-10-27(11-9-26)23-25-19-15-16(5-6-21(19)31-23)22(29)24-18-7-14-30-20-4-2-1-3-17(18)20/h1-6,15,18,28H,7-14H2,(H,24,29)/t18-/m0/s1. The SMILES string of the molecule is O=C(N[C@H]1CCOc2ccccc21)c1ccc2oc(N3CCN(CCO)CC3)nc2c1. The molecule has 2 aromatic carbocycles. The minimum Gasteiger partial charge on any atom is -0.493 e. The molecule has 0 unspecified atom stereocenters. The molecule has 0 bridgehead atoms. The summed E-state index contributed by atoms with van der Waals surface area (Å²) in [6.07, 6.45) is 0.737. The molecule has 0 radical (unpaired) electrons. The third-order valence-electron chi connectivity index (χ3n) is 5.96. The topological polar surface area (TPSA) is 91.1 Å². The van der Waals surface area contributed by atoms with Crippen molar-refractivity contribution in [1.82, 2.24) is 15.2 Å². The van der Waals surface area contributed by atoms with Crippen molar-refractivity contribution in [3.05, 3.63) is 53.6 Å². The number of amides is 1. The minimum absolute atomic E-state index is 0.0729. The molecule has 0 spiro atoms. The van der Waals surface area contributed by atoms with E-state index in [9.17, 15) is 4.79 Å². The van der Waals surface area contributed by atoms with Gasteiger partial charge in [0.1, 0.15) is 11.3 Å². The zero-order valence-corrected chi connectivity index (χ0v) is 17.3. The highest BCUT2D eigenvalue weighted by molar-refractivity contribution is 5.97. The van der Waals surface area contributed by atoms with Crippen LogP contribution in [0, 0.1) is 0 Å². The molecular weight excluding hydrogens is 396 g/mol. The van der Waals surface area contributed by atoms with E-state index < -0.39 is 0 Å². The lowest BCUT2D eigenvalue weighted by atomic mass is 10.00. The van der Waals surface area contributed by atoms with E-state index in [0.717, 1.165) is 43.9 Å². The van der Waals surface area contributed by atoms with Crippen LogP contribution >= 0.6 is 0 Å². The Morgan fingerprint density at radius 2 is 2.00 bits per heavy atom. The Bertz CT molecular complexity index is 1070. The molecule has 3 aromatic rings. The number of aromatic nitrogens is 1. The normalized spacial score (nSPS) is 19.1. The van der Waals surface area contributed by atoms with Crippen LogP contribution in [0.15, 0.2) is 46.9 Å². The molecule has 1 amide bonds. The first-order valence-electron chi connectivity index (χ1n) is 10.7. The molecule has 31 heavy (non-hydrogen) atoms. The van der Waals surface area contributed by atoms with Crippen LogP contribution in [0.25, 0.3) is 11.1 Å². The van der Waals surface area contributed by atoms with Crippen LogP contribution in [-0.2, 0) is 0 Å². The maximum absolute atomic E-state index is 12.9. The summed E-state index contributed by atoms with van der Waals surface area (Å²) in [5.41, 5.74) is 2.91. The summed E-state index contributed by atoms with van der Waals surface area (Å²) >= 11 is 0. The van der Waals surface area contributed by atoms with Crippen molar-refractivity contribution in [1.29, 1.82) is 0 Å². The van der Waals surface area contributed by atoms with Gasteiger partial charge in [-0.25, -0.2) is 0 Å². The van der Waals surface area contributed by atoms with Gasteiger partial charge >= 0.3 is 0 Å². The van der Waals surface area contributed by atoms with Crippen molar-refractivity contribution in [2.75, 3.05) is 50.8 Å². The van der Waals surface area contributed by atoms with Gasteiger partial charge in [0.25, 0.3) is 11.9 Å². The number of aliphatic hydroxyl groups is 1. The number of anilines is 1. The van der Waals surface area contributed by atoms with Gasteiger partial charge in [0.15, 0.2) is 5.58 Å². The van der Waals surface area contributed by atoms with Gasteiger partial charge < -0.3 is 24.5 Å². The number of hydrogen-bond donors (Lipinski definition) is 2. The second-order valence-electron chi connectivity index (χ2n) is 7.93. The highest BCUT2D eigenvalue weighted by atomic mass is 16.5. The molecule has 162 valence electrons. The Hall–Kier alpha value is -3.10. The number of aliphatic hydroxyl groups excluding tert-OH is 1. The number of carbonyl (C=O) groups is 1. The molecule has 2 N–H and O–H groups in total. The lowest BCUT2D eigenvalue weighted by Crippen LogP contribution is -2.47. The largest absolute Gasteiger partial charge is 0.493 e. The average Bonchev–Trinajstić information content (AvgIpc) is 3.23. The number of benzene rings is 2. The Morgan fingerprint density at radius 1 is 1.16 bits per heavy atom. The first kappa shape index (κ1) is 19.8. The maximum atomic E-state index is 12.9. The van der Waals surface area contributed by atoms with Crippen molar-refractivity contribution in [3.63, 3.8) is 0 Å². The van der Waals surface area contributed by atoms with Crippen LogP contribution in [0.3, 0.4) is 0 Å². The first-order valence-corrected chi connectivity index (χ1v) is 10.7. The molecule has 0 saturated carbocycles. The molecular formula is C23H26N4O4. The number of nitrogens with one attached hydrogen (secondary N) is 1. The number of fused-ring (bicyclic) bond motifs is 2. The fourth-order valence-electron chi connectivity index (χ4n) is 4.23. The summed E-state index contributed by atoms with van der Waals surface area (Å²) in [4.78, 5) is 21.9. The van der Waals surface area contributed by atoms with Gasteiger partial charge in [-0.1, -0.05) is 18.2 Å². The van der Waals surface area contributed by atoms with Crippen molar-refractivity contribution in [2.45, 2.75) is 12.5 Å². The Morgan fingerprint density at radius 3 is 2.84 bits per heavy atom. The van der Waals surface area contributed by atoms with E-state index in [-0.39, 0.29) is 18.6 Å². The zero-order valence-electron chi connectivity index (χ0n) is 17.3. The van der Waals surface area contributed by atoms with Crippen LogP contribution in [0.5, 0.6) is 5.75 Å². The molecule has 1 saturated heterocycles.